The molecule has 0 aromatic heterocycles. The van der Waals surface area contributed by atoms with Gasteiger partial charge in [0, 0.05) is 628 Å². The zero-order valence-corrected chi connectivity index (χ0v) is 36.4. The summed E-state index contributed by atoms with van der Waals surface area (Å²) >= 11 is 0. The lowest BCUT2D eigenvalue weighted by Crippen LogP contribution is -2.66. The van der Waals surface area contributed by atoms with Crippen LogP contribution in [0.3, 0.4) is 0 Å². The third-order valence-corrected chi connectivity index (χ3v) is 17.5. The first-order chi connectivity index (χ1) is 24.6. The number of aromatic hydroxyl groups is 1. The van der Waals surface area contributed by atoms with Crippen LogP contribution in [0, 0.1) is 83.4 Å². The molecule has 0 aliphatic heterocycles. The Morgan fingerprint density at radius 2 is 1.39 bits per heavy atom. The minimum Gasteiger partial charge on any atom is -0.508 e. The lowest BCUT2D eigenvalue weighted by Gasteiger charge is -2.70. The van der Waals surface area contributed by atoms with Crippen LogP contribution in [0.15, 0.2) is 6.07 Å². The molecule has 9 heteroatoms. The highest BCUT2D eigenvalue weighted by atomic mass is 32.2. The van der Waals surface area contributed by atoms with E-state index in [-0.39, 0.29) is 628 Å². The molecule has 0 spiro atoms. The summed E-state index contributed by atoms with van der Waals surface area (Å²) < 4.78 is 77.8. The number of benzene rings is 1. The van der Waals surface area contributed by atoms with E-state index in [9.17, 15) is 36.4 Å². The molecule has 54 heavy (non-hydrogen) atoms. The number of alkyl halides is 5. The average Bonchev–Trinajstić information content (AvgIpc) is 3.36. The highest BCUT2D eigenvalue weighted by Crippen LogP contribution is 2.77. The summed E-state index contributed by atoms with van der Waals surface area (Å²) in [6.45, 7) is 29.0. The van der Waals surface area contributed by atoms with Gasteiger partial charge in [0.15, 0.2) is 0 Å². The summed E-state index contributed by atoms with van der Waals surface area (Å²) in [5, 5.41) is 23.0. The second kappa shape index (κ2) is 16.2. The molecule has 2 saturated carbocycles. The van der Waals surface area contributed by atoms with Gasteiger partial charge in [-0.05, 0) is 157 Å². The van der Waals surface area contributed by atoms with Crippen LogP contribution in [0.5, 0.6) is 5.75 Å². The fourth-order valence-electron chi connectivity index (χ4n) is 13.5. The monoisotopic (exact) mass is 1630 g/mol. The molecule has 2 fully saturated rings. The number of hydrogen-bond acceptors (Lipinski definition) is 3. The molecule has 4 rings (SSSR count). The maximum atomic E-state index is 13.5. The van der Waals surface area contributed by atoms with Gasteiger partial charge in [0.25, 0.3) is 0 Å². The van der Waals surface area contributed by atoms with Crippen LogP contribution in [0.4, 0.5) is 22.0 Å². The number of hydrogen-bond donors (Lipinski definition) is 2. The summed E-state index contributed by atoms with van der Waals surface area (Å²) in [6, 6.07) is 2.06. The summed E-state index contributed by atoms with van der Waals surface area (Å²) in [6.07, 6.45) is -0.450. The minimum absolute atomic E-state index is 0. The number of phenolic OH excluding ortho intramolecular Hbond substituents is 1. The molecule has 0 amide bonds. The third-order valence-electron chi connectivity index (χ3n) is 15.6. The number of halogens is 5. The second-order valence-corrected chi connectivity index (χ2v) is 22.0. The normalized spacial score (nSPS) is 33.0. The van der Waals surface area contributed by atoms with E-state index in [1.807, 2.05) is 13.8 Å². The van der Waals surface area contributed by atoms with E-state index in [0.717, 1.165) is 50.5 Å². The second-order valence-electron chi connectivity index (χ2n) is 20.4. The van der Waals surface area contributed by atoms with Gasteiger partial charge >= 0.3 is 12.1 Å². The number of aliphatic hydroxyl groups is 1. The molecule has 2 N–H and O–H groups in total. The lowest BCUT2D eigenvalue weighted by molar-refractivity contribution is -0.287. The first-order valence-electron chi connectivity index (χ1n) is 20.9. The summed E-state index contributed by atoms with van der Waals surface area (Å²) in [7, 11) is -1.46. The molecule has 1144 valence electrons. The van der Waals surface area contributed by atoms with Gasteiger partial charge in [-0.15, -0.1) is 0 Å². The smallest absolute Gasteiger partial charge is 0.453 e. The van der Waals surface area contributed by atoms with Gasteiger partial charge in [-0.3, -0.25) is 4.21 Å². The van der Waals surface area contributed by atoms with Crippen LogP contribution in [0.25, 0.3) is 0 Å². The van der Waals surface area contributed by atoms with E-state index in [1.165, 1.54) is 23.6 Å². The van der Waals surface area contributed by atoms with Crippen molar-refractivity contribution in [3.8, 4) is 5.75 Å². The highest BCUT2D eigenvalue weighted by Gasteiger charge is 2.72. The molecule has 7 unspecified atom stereocenters. The number of phenols is 1. The van der Waals surface area contributed by atoms with Gasteiger partial charge in [0.05, 0.1) is 6.10 Å². The summed E-state index contributed by atoms with van der Waals surface area (Å²) in [4.78, 5) is 0. The molecule has 0 bridgehead atoms. The topological polar surface area (TPSA) is 57.5 Å². The Kier molecular flexibility index (Phi) is 13.6. The van der Waals surface area contributed by atoms with Gasteiger partial charge in [0.2, 0.25) is 0 Å². The van der Waals surface area contributed by atoms with Crippen molar-refractivity contribution in [2.75, 3.05) is 11.5 Å². The maximum absolute atomic E-state index is 13.5. The molecular weight excluding hydrogens is 716 g/mol. The molecule has 3 nitrogen and oxygen atoms in total. The van der Waals surface area contributed by atoms with Crippen molar-refractivity contribution in [1.82, 2.24) is 0 Å². The van der Waals surface area contributed by atoms with E-state index >= 15 is 0 Å². The quantitative estimate of drug-likeness (QED) is 0.172. The van der Waals surface area contributed by atoms with Crippen LogP contribution in [-0.4, -0.2) is 44.1 Å². The largest absolute Gasteiger partial charge is 0.508 e. The molecule has 1 aromatic carbocycles. The number of fused-ring (bicyclic) bond motifs is 5. The van der Waals surface area contributed by atoms with Crippen molar-refractivity contribution < 1.29 is 630 Å². The number of aliphatic hydroxyl groups excluding tert-OH is 1. The standard InChI is InChI=1S/C45H73F5O3S.416H2/c1-25(2)44-33(10)41(11,12)40-39-32(9)31(8)36(51)21-34(39)20-35(42(40,13)37(44)14-15-38(44)52)19-28(5)17-26(3)16-27(4)18-29(6)23-54(53)24-30(7)22-43(46,47)45(48,49)50;;;;;;;;;;;;;;;;;;;;;;;;;;;;;;;;;;;;;;;;;;;;;;;;;;;;;;;;;;;;;;;;;;;;;;;;;;;;;;;;;;;;;;;;;;;;;;;;;;;;;;;;;;;;;;;;;;;;;;;;;;;;;;;;;;;;;;;;;;;;;;;;;;;;;;;;;;;;;;;;;;;;;;;;;;;;;;;;;;;;;;;;;;;;;;;;;;;;;;;;;;;;;;;;;;;;;;;;;;;;;;;;;;;;;;;;;;;;;;;;;;;;;;;;;;;;;;;;;;;;;;;;;;;;;;;;;;;;;;;;;;;;;;;;;;;;;;;;;;;;;;;;;;;;;;;;;;;;;;;;;;;;;;;;;;;;;;;;;;;;;;;;;;;;;;;;;;;;;;;;;;;;;;;;;;;;;;;;;;;;;;;;;;;;;;;;;;;;;;;;;;;;;;;;;;;;;;;;/h21,25-30,33,35,37-38,40,51-52H,14-20,22-24H2,1-13H3;416*1H/t26?,27?,28?,29?,30?,33?,35-,37+,38+,40+,42+,44+,54?;;;;;;;;;;;;;;;;;;;;;;;;;;;;;;;;;;;;;;;;;;;;;;;;;;;;;;;;;;;;;;;;;;;;;;;;;;;;;;;;;;;;;;;;;;;;;;;;;;;;;;;;;;;;;;;;;;;;;;;;;;;;;;;;;;;;;;;;;;;;;;;;;;;;;;;;;;;;;;;;;;;;;;;;;;;;;;;;;;;;;;;;;;;;;;;;;;;;;;;;;;;;;;;;;;;;;;;;;;;;;;;;;;;;;;;;;;;;;;;;;;;;;;;;;;;;;;;;;;;;;;;;;;;;;;;;;;;;;;;;;;;;;;;;;;;;;;;;;;;;;;;;;;;;;;;;;;;;;;;;;;;;;;;;;;;;;;;;;;;;;;;;;;;;;;;;;;;;;;;;;;;;;;;;;;;;;;;;;;;;;;;;;;;;;;;;;;;;;;;;;;;;;;;;;;;;;;;;/m1................................................................................................................................................................................................................................................................................................................................................................................................................................/s1. The predicted octanol–water partition coefficient (Wildman–Crippen LogP) is 115. The Morgan fingerprint density at radius 1 is 0.852 bits per heavy atom. The predicted molar refractivity (Wildman–Crippen MR) is 1090 cm³/mol. The van der Waals surface area contributed by atoms with Gasteiger partial charge < -0.3 is 10.2 Å². The fraction of sp³-hybridized carbons (Fsp3) is 0.867. The number of rotatable bonds is 15. The van der Waals surface area contributed by atoms with Gasteiger partial charge in [-0.25, -0.2) is 0 Å². The van der Waals surface area contributed by atoms with Crippen LogP contribution in [-0.2, 0) is 17.2 Å². The van der Waals surface area contributed by atoms with Crippen molar-refractivity contribution in [1.29, 1.82) is 0 Å². The average molecular weight is 1630 g/mol. The van der Waals surface area contributed by atoms with Crippen molar-refractivity contribution >= 4 is 10.8 Å². The third kappa shape index (κ3) is 8.21. The Labute approximate surface area is 944 Å². The van der Waals surface area contributed by atoms with E-state index in [1.54, 1.807) is 0 Å². The molecule has 3 aliphatic rings. The van der Waals surface area contributed by atoms with Crippen molar-refractivity contribution in [3.05, 3.63) is 28.3 Å². The molecule has 0 saturated heterocycles. The molecular formula is C45H905F5O3S. The Balaban J connectivity index is -0.000000000190. The van der Waals surface area contributed by atoms with Crippen LogP contribution in [0.2, 0.25) is 0 Å². The lowest BCUT2D eigenvalue weighted by atomic mass is 9.34. The van der Waals surface area contributed by atoms with E-state index in [0.29, 0.717) is 58.8 Å². The van der Waals surface area contributed by atoms with Crippen LogP contribution >= 0.6 is 0 Å². The Morgan fingerprint density at radius 3 is 1.94 bits per heavy atom. The van der Waals surface area contributed by atoms with Gasteiger partial charge in [-0.1, -0.05) is 76.2 Å². The van der Waals surface area contributed by atoms with Crippen LogP contribution < -0.4 is 0 Å². The van der Waals surface area contributed by atoms with E-state index in [4.69, 9.17) is 0 Å². The molecule has 0 radical (unpaired) electrons. The fourth-order valence-corrected chi connectivity index (χ4v) is 15.1. The van der Waals surface area contributed by atoms with E-state index < -0.39 is 35.2 Å². The highest BCUT2D eigenvalue weighted by molar-refractivity contribution is 7.85. The molecule has 3 aliphatic carbocycles. The molecule has 0 heterocycles. The first-order valence-corrected chi connectivity index (χ1v) is 22.4. The van der Waals surface area contributed by atoms with Gasteiger partial charge in [0.1, 0.15) is 5.75 Å². The first kappa shape index (κ1) is 45.5. The zero-order chi connectivity index (χ0) is 41.1. The summed E-state index contributed by atoms with van der Waals surface area (Å²) in [5.74, 6) is -2.15. The SMILES string of the molecule is Cc1c(O)cc2c(c1C)[C@H]1C(C)(C)C(C)[C@@]3(C(C)C)[C@@H](CC[C@@H]3O)[C@]1(C)[C@H](CC(C)CC(C)CC(C)CC(C)CS(=O)CC(C)CC(F)(F)C(F)(F)F)C2.[HH].[HH].[HH].[HH].[HH].[HH].[HH].[HH].[HH].[HH].[HH].[HH].[HH].[HH].[HH].[HH].[HH].[HH].[HH].[HH].[HH].[HH].[HH].[HH].[HH].[HH].[HH].[HH].[HH].[HH].[HH].[HH].[HH].[HH].[HH].[HH].[HH].[HH].[HH].[HH].[HH].[HH].[HH].[HH].[HH].[HH].[HH].[HH].[HH].[HH].[HH].[HH].[HH].[HH].[HH].[HH].[HH].[HH].[HH].[HH].[HH].[HH].[HH].[HH].[HH].[HH].[HH].[HH].[HH].[HH].[HH].[HH].[HH].[HH].[HH].[HH].[HH].[HH].[HH].[HH].[HH].[HH].[HH].[HH].[HH].[HH].[HH].[HH].[HH].[HH].[HH].[HH].[HH].[HH].[HH].[HH].[HH].[HH].[HH].[HH].[HH].[HH].[HH].[HH].[HH].[HH].[HH].[HH].[HH].[HH].[HH].[HH].[HH].[HH].[HH].[HH].[HH].[HH].[HH].[HH].[HH].[HH].[HH].[HH].[HH].[HH].[HH].[HH].[HH].[HH].[HH].[HH].[HH].[HH].[HH].[HH].[HH].[HH].[HH].[HH].[HH].[HH].[HH].[HH].[HH].[HH].[HH].[HH].[HH].[HH].[HH].[HH].[HH].[HH].[HH].[HH].[HH].[HH].[HH].[HH].[HH].[HH].[HH].[HH].[HH].[HH].[HH].[HH].[HH].[HH].[HH].[HH].[HH].[HH].[HH].[HH].[HH].[HH].[HH].[HH].[HH].[HH].[HH].[HH].[HH].[HH].[HH].[HH].[HH].[HH].[HH].[HH].[HH].[HH].[HH].[HH].[HH].[HH].[HH].[HH].[HH].[HH].[HH].[HH].[HH].[HH].[HH].[HH].[HH].[HH].[HH].[HH].[HH].[HH].[HH].[HH].[HH].[HH].[HH].[HH].[HH].[HH].[HH].[HH].[HH].[HH].[HH].[HH].[HH].[HH].[HH].[HH].[HH].[HH].[HH].[HH].[HH].[HH].[HH].[HH].[HH].[HH].[HH].[HH].[HH].[HH].[HH].[HH].[HH].[HH].[HH].[HH].[HH].[HH].[HH].[HH].[HH].[HH].[HH].[HH].[HH].[HH].[HH].[HH].[HH].[HH].[HH].[HH].[HH].[HH].[HH].[HH].[HH].[HH].[HH].[HH].[HH].[HH].[HH].[HH].[HH].[HH].[HH].[HH].[HH].[HH].[HH].[HH].[HH].[HH].[HH].[HH].[HH].[HH].[HH].[HH].[HH].[HH].[HH].[HH].[HH].[HH].[HH].[HH].[HH].[HH].[HH].[HH].[HH].[HH].[HH].[HH].[HH].[HH].[HH].[HH].[HH].[HH].[HH].[HH].[HH].[HH].[HH].[HH].[HH].[HH].[HH].[HH].[HH].[HH].[HH].[HH].[HH].[HH].[HH].[HH].[HH].[HH].[HH].[HH].[HH].[HH].[HH].[HH].[HH].[HH].[HH].[HH].[HH].[HH].[HH].[HH].[HH].[HH].[HH].[HH].[HH].[HH].[HH].[HH].[HH].[HH].[HH].[HH].[HH].[HH].[HH].[HH].[HH].[HH].[HH].[HH].[HH].[HH].[HH].[HH].[HH].[HH].[HH].[HH].[HH].[HH].[HH].[HH].[HH].[HH].[HH].[HH].[HH].[HH].[HH].[HH].[HH].[HH].[HH].[HH].[HH].[HH].[HH].[HH].[HH].[HH].[HH].[HH].[HH].[HH].[HH].[HH].[HH].[HH].[HH].[HH].[HH].[HH].[HH].[HH]. The van der Waals surface area contributed by atoms with E-state index in [2.05, 4.69) is 75.3 Å². The summed E-state index contributed by atoms with van der Waals surface area (Å²) in [5.41, 5.74) is 4.66. The maximum Gasteiger partial charge on any atom is 0.453 e. The minimum atomic E-state index is -5.59. The van der Waals surface area contributed by atoms with Crippen molar-refractivity contribution in [2.24, 2.45) is 69.5 Å². The van der Waals surface area contributed by atoms with Crippen molar-refractivity contribution in [2.45, 2.75) is 165 Å². The van der Waals surface area contributed by atoms with Crippen LogP contribution in [0.1, 0.15) is 743 Å². The Bertz CT molecular complexity index is 1730. The zero-order valence-electron chi connectivity index (χ0n) is 35.6. The van der Waals surface area contributed by atoms with Gasteiger partial charge in [-0.2, -0.15) is 22.0 Å². The molecule has 1 aromatic rings. The van der Waals surface area contributed by atoms with Crippen molar-refractivity contribution in [3.63, 3.8) is 0 Å². The molecule has 13 atom stereocenters. The Hall–Kier alpha value is -1.22.